The second-order valence-electron chi connectivity index (χ2n) is 4.09. The highest BCUT2D eigenvalue weighted by Gasteiger charge is 2.29. The first-order chi connectivity index (χ1) is 6.81. The molecule has 1 aromatic heterocycles. The van der Waals surface area contributed by atoms with Gasteiger partial charge in [-0.2, -0.15) is 0 Å². The van der Waals surface area contributed by atoms with Gasteiger partial charge in [-0.1, -0.05) is 6.92 Å². The van der Waals surface area contributed by atoms with Gasteiger partial charge < -0.3 is 5.32 Å². The van der Waals surface area contributed by atoms with Crippen LogP contribution in [0, 0.1) is 12.8 Å². The molecule has 1 fully saturated rings. The summed E-state index contributed by atoms with van der Waals surface area (Å²) in [6.45, 7) is 5.37. The molecule has 1 aromatic rings. The summed E-state index contributed by atoms with van der Waals surface area (Å²) in [5.74, 6) is 0.952. The predicted molar refractivity (Wildman–Crippen MR) is 60.5 cm³/mol. The molecule has 2 nitrogen and oxygen atoms in total. The lowest BCUT2D eigenvalue weighted by Gasteiger charge is -2.15. The summed E-state index contributed by atoms with van der Waals surface area (Å²) in [6, 6.07) is 0.733. The molecule has 2 rings (SSSR count). The van der Waals surface area contributed by atoms with Crippen LogP contribution in [0.1, 0.15) is 36.8 Å². The van der Waals surface area contributed by atoms with Crippen molar-refractivity contribution in [3.63, 3.8) is 0 Å². The molecule has 1 heterocycles. The Morgan fingerprint density at radius 3 is 2.93 bits per heavy atom. The van der Waals surface area contributed by atoms with Crippen LogP contribution in [-0.4, -0.2) is 11.0 Å². The van der Waals surface area contributed by atoms with Gasteiger partial charge in [0.15, 0.2) is 0 Å². The van der Waals surface area contributed by atoms with Gasteiger partial charge in [-0.25, -0.2) is 4.98 Å². The molecule has 0 radical (unpaired) electrons. The van der Waals surface area contributed by atoms with E-state index in [1.54, 1.807) is 11.3 Å². The molecule has 0 saturated heterocycles. The Balaban J connectivity index is 1.83. The first-order valence-electron chi connectivity index (χ1n) is 5.43. The molecule has 0 amide bonds. The van der Waals surface area contributed by atoms with E-state index >= 15 is 0 Å². The average molecular weight is 210 g/mol. The SMILES string of the molecule is CCC(NCc1scnc1C)C1CC1. The van der Waals surface area contributed by atoms with E-state index in [4.69, 9.17) is 0 Å². The molecule has 1 aliphatic carbocycles. The fourth-order valence-electron chi connectivity index (χ4n) is 1.86. The van der Waals surface area contributed by atoms with Gasteiger partial charge in [0.1, 0.15) is 0 Å². The highest BCUT2D eigenvalue weighted by atomic mass is 32.1. The fraction of sp³-hybridized carbons (Fsp3) is 0.727. The number of hydrogen-bond donors (Lipinski definition) is 1. The van der Waals surface area contributed by atoms with Crippen molar-refractivity contribution in [3.05, 3.63) is 16.1 Å². The monoisotopic (exact) mass is 210 g/mol. The van der Waals surface area contributed by atoms with Gasteiger partial charge in [-0.3, -0.25) is 0 Å². The first-order valence-corrected chi connectivity index (χ1v) is 6.31. The predicted octanol–water partition coefficient (Wildman–Crippen LogP) is 2.73. The molecule has 1 atom stereocenters. The Morgan fingerprint density at radius 2 is 2.43 bits per heavy atom. The summed E-state index contributed by atoms with van der Waals surface area (Å²) in [6.07, 6.45) is 4.10. The number of nitrogens with one attached hydrogen (secondary N) is 1. The minimum absolute atomic E-state index is 0.733. The molecule has 3 heteroatoms. The van der Waals surface area contributed by atoms with Crippen LogP contribution in [0.2, 0.25) is 0 Å². The van der Waals surface area contributed by atoms with Crippen molar-refractivity contribution in [1.29, 1.82) is 0 Å². The summed E-state index contributed by atoms with van der Waals surface area (Å²) in [5.41, 5.74) is 3.12. The van der Waals surface area contributed by atoms with Crippen LogP contribution in [0.3, 0.4) is 0 Å². The van der Waals surface area contributed by atoms with Crippen molar-refractivity contribution in [3.8, 4) is 0 Å². The quantitative estimate of drug-likeness (QED) is 0.808. The van der Waals surface area contributed by atoms with Crippen molar-refractivity contribution in [1.82, 2.24) is 10.3 Å². The molecule has 1 aliphatic rings. The van der Waals surface area contributed by atoms with E-state index in [9.17, 15) is 0 Å². The Labute approximate surface area is 89.8 Å². The van der Waals surface area contributed by atoms with Crippen LogP contribution in [0.25, 0.3) is 0 Å². The maximum absolute atomic E-state index is 4.26. The fourth-order valence-corrected chi connectivity index (χ4v) is 2.59. The second-order valence-corrected chi connectivity index (χ2v) is 5.03. The zero-order valence-corrected chi connectivity index (χ0v) is 9.73. The molecule has 0 aliphatic heterocycles. The largest absolute Gasteiger partial charge is 0.309 e. The van der Waals surface area contributed by atoms with Gasteiger partial charge in [-0.05, 0) is 32.1 Å². The van der Waals surface area contributed by atoms with E-state index in [2.05, 4.69) is 24.1 Å². The van der Waals surface area contributed by atoms with Crippen molar-refractivity contribution in [2.75, 3.05) is 0 Å². The summed E-state index contributed by atoms with van der Waals surface area (Å²) in [4.78, 5) is 5.65. The Hall–Kier alpha value is -0.410. The summed E-state index contributed by atoms with van der Waals surface area (Å²) >= 11 is 1.76. The Morgan fingerprint density at radius 1 is 1.64 bits per heavy atom. The highest BCUT2D eigenvalue weighted by Crippen LogP contribution is 2.34. The number of hydrogen-bond acceptors (Lipinski definition) is 3. The van der Waals surface area contributed by atoms with Crippen molar-refractivity contribution in [2.24, 2.45) is 5.92 Å². The molecular formula is C11H18N2S. The molecule has 1 N–H and O–H groups in total. The van der Waals surface area contributed by atoms with Gasteiger partial charge in [0.25, 0.3) is 0 Å². The second kappa shape index (κ2) is 4.41. The smallest absolute Gasteiger partial charge is 0.0798 e. The standard InChI is InChI=1S/C11H18N2S/c1-3-10(9-4-5-9)12-6-11-8(2)13-7-14-11/h7,9-10,12H,3-6H2,1-2H3. The van der Waals surface area contributed by atoms with Crippen LogP contribution in [0.4, 0.5) is 0 Å². The molecule has 1 saturated carbocycles. The maximum atomic E-state index is 4.26. The van der Waals surface area contributed by atoms with Crippen LogP contribution in [0.5, 0.6) is 0 Å². The summed E-state index contributed by atoms with van der Waals surface area (Å²) < 4.78 is 0. The van der Waals surface area contributed by atoms with E-state index in [1.807, 2.05) is 5.51 Å². The number of thiazole rings is 1. The van der Waals surface area contributed by atoms with Gasteiger partial charge in [0.2, 0.25) is 0 Å². The third-order valence-electron chi connectivity index (χ3n) is 3.00. The molecule has 1 unspecified atom stereocenters. The van der Waals surface area contributed by atoms with E-state index < -0.39 is 0 Å². The number of aryl methyl sites for hydroxylation is 1. The van der Waals surface area contributed by atoms with Gasteiger partial charge in [-0.15, -0.1) is 11.3 Å². The topological polar surface area (TPSA) is 24.9 Å². The molecule has 0 aromatic carbocycles. The zero-order chi connectivity index (χ0) is 9.97. The number of aromatic nitrogens is 1. The van der Waals surface area contributed by atoms with Crippen LogP contribution < -0.4 is 5.32 Å². The number of nitrogens with zero attached hydrogens (tertiary/aromatic N) is 1. The third-order valence-corrected chi connectivity index (χ3v) is 3.94. The number of rotatable bonds is 5. The minimum Gasteiger partial charge on any atom is -0.309 e. The first kappa shape index (κ1) is 10.1. The molecular weight excluding hydrogens is 192 g/mol. The van der Waals surface area contributed by atoms with Crippen LogP contribution >= 0.6 is 11.3 Å². The lowest BCUT2D eigenvalue weighted by Crippen LogP contribution is -2.29. The van der Waals surface area contributed by atoms with Gasteiger partial charge in [0, 0.05) is 17.5 Å². The third kappa shape index (κ3) is 2.34. The van der Waals surface area contributed by atoms with Gasteiger partial charge in [0.05, 0.1) is 11.2 Å². The van der Waals surface area contributed by atoms with Gasteiger partial charge >= 0.3 is 0 Å². The van der Waals surface area contributed by atoms with Crippen molar-refractivity contribution >= 4 is 11.3 Å². The molecule has 0 spiro atoms. The molecule has 14 heavy (non-hydrogen) atoms. The summed E-state index contributed by atoms with van der Waals surface area (Å²) in [5, 5.41) is 3.64. The normalized spacial score (nSPS) is 18.4. The lowest BCUT2D eigenvalue weighted by atomic mass is 10.1. The molecule has 0 bridgehead atoms. The van der Waals surface area contributed by atoms with Crippen molar-refractivity contribution in [2.45, 2.75) is 45.7 Å². The minimum atomic E-state index is 0.733. The van der Waals surface area contributed by atoms with Crippen molar-refractivity contribution < 1.29 is 0 Å². The summed E-state index contributed by atoms with van der Waals surface area (Å²) in [7, 11) is 0. The highest BCUT2D eigenvalue weighted by molar-refractivity contribution is 7.09. The Bertz CT molecular complexity index is 291. The molecule has 78 valence electrons. The van der Waals surface area contributed by atoms with E-state index in [-0.39, 0.29) is 0 Å². The van der Waals surface area contributed by atoms with E-state index in [0.29, 0.717) is 0 Å². The van der Waals surface area contributed by atoms with E-state index in [0.717, 1.165) is 18.5 Å². The van der Waals surface area contributed by atoms with Crippen LogP contribution in [0.15, 0.2) is 5.51 Å². The maximum Gasteiger partial charge on any atom is 0.0798 e. The average Bonchev–Trinajstić information content (AvgIpc) is 2.93. The Kier molecular flexibility index (Phi) is 3.19. The van der Waals surface area contributed by atoms with Crippen LogP contribution in [-0.2, 0) is 6.54 Å². The van der Waals surface area contributed by atoms with E-state index in [1.165, 1.54) is 29.8 Å². The lowest BCUT2D eigenvalue weighted by molar-refractivity contribution is 0.450. The zero-order valence-electron chi connectivity index (χ0n) is 8.92.